The Morgan fingerprint density at radius 2 is 1.95 bits per heavy atom. The molecule has 0 aromatic heterocycles. The molecule has 1 fully saturated rings. The summed E-state index contributed by atoms with van der Waals surface area (Å²) in [5, 5.41) is 9.55. The molecule has 0 aromatic carbocycles. The highest BCUT2D eigenvalue weighted by molar-refractivity contribution is 5.79. The van der Waals surface area contributed by atoms with E-state index in [-0.39, 0.29) is 5.91 Å². The van der Waals surface area contributed by atoms with Crippen molar-refractivity contribution >= 4 is 11.9 Å². The van der Waals surface area contributed by atoms with E-state index in [2.05, 4.69) is 34.8 Å². The first-order valence-corrected chi connectivity index (χ1v) is 8.07. The van der Waals surface area contributed by atoms with Crippen molar-refractivity contribution in [3.63, 3.8) is 0 Å². The van der Waals surface area contributed by atoms with Crippen LogP contribution in [0.3, 0.4) is 0 Å². The minimum Gasteiger partial charge on any atom is -0.357 e. The van der Waals surface area contributed by atoms with Crippen LogP contribution < -0.4 is 16.0 Å². The lowest BCUT2D eigenvalue weighted by molar-refractivity contribution is -0.121. The number of unbranched alkanes of at least 4 members (excludes halogenated alkanes) is 2. The van der Waals surface area contributed by atoms with Crippen LogP contribution in [0.25, 0.3) is 0 Å². The van der Waals surface area contributed by atoms with Gasteiger partial charge in [-0.05, 0) is 32.6 Å². The molecule has 1 saturated carbocycles. The van der Waals surface area contributed by atoms with Gasteiger partial charge in [-0.2, -0.15) is 0 Å². The summed E-state index contributed by atoms with van der Waals surface area (Å²) in [6.45, 7) is 6.78. The zero-order valence-corrected chi connectivity index (χ0v) is 13.0. The molecule has 1 aliphatic rings. The first-order chi connectivity index (χ1) is 9.76. The van der Waals surface area contributed by atoms with E-state index in [1.807, 2.05) is 0 Å². The molecular formula is C15H30N4O. The van der Waals surface area contributed by atoms with Crippen LogP contribution in [0.15, 0.2) is 4.99 Å². The highest BCUT2D eigenvalue weighted by Gasteiger charge is 2.22. The van der Waals surface area contributed by atoms with Crippen LogP contribution in [0.2, 0.25) is 0 Å². The van der Waals surface area contributed by atoms with Gasteiger partial charge in [0.05, 0.1) is 0 Å². The topological polar surface area (TPSA) is 65.5 Å². The molecule has 20 heavy (non-hydrogen) atoms. The van der Waals surface area contributed by atoms with Gasteiger partial charge in [0.25, 0.3) is 0 Å². The molecule has 0 spiro atoms. The second kappa shape index (κ2) is 10.5. The van der Waals surface area contributed by atoms with E-state index in [4.69, 9.17) is 0 Å². The molecule has 0 aliphatic heterocycles. The Morgan fingerprint density at radius 3 is 2.60 bits per heavy atom. The lowest BCUT2D eigenvalue weighted by Gasteiger charge is -2.10. The van der Waals surface area contributed by atoms with Gasteiger partial charge in [-0.3, -0.25) is 9.79 Å². The van der Waals surface area contributed by atoms with Gasteiger partial charge in [-0.15, -0.1) is 0 Å². The van der Waals surface area contributed by atoms with Crippen molar-refractivity contribution in [1.29, 1.82) is 0 Å². The third-order valence-electron chi connectivity index (χ3n) is 3.19. The molecule has 0 bridgehead atoms. The van der Waals surface area contributed by atoms with E-state index in [0.717, 1.165) is 38.3 Å². The Balaban J connectivity index is 2.11. The monoisotopic (exact) mass is 282 g/mol. The average molecular weight is 282 g/mol. The van der Waals surface area contributed by atoms with Gasteiger partial charge in [0, 0.05) is 32.1 Å². The summed E-state index contributed by atoms with van der Waals surface area (Å²) in [6.07, 6.45) is 7.33. The number of carbonyl (C=O) groups is 1. The van der Waals surface area contributed by atoms with Crippen LogP contribution in [0.1, 0.15) is 58.8 Å². The summed E-state index contributed by atoms with van der Waals surface area (Å²) in [5.41, 5.74) is 0. The van der Waals surface area contributed by atoms with E-state index >= 15 is 0 Å². The Hall–Kier alpha value is -1.26. The molecule has 1 amide bonds. The first-order valence-electron chi connectivity index (χ1n) is 8.07. The number of aliphatic imine (C=N–C) groups is 1. The third-order valence-corrected chi connectivity index (χ3v) is 3.19. The minimum absolute atomic E-state index is 0.170. The van der Waals surface area contributed by atoms with Crippen LogP contribution in [-0.2, 0) is 4.79 Å². The summed E-state index contributed by atoms with van der Waals surface area (Å²) in [6, 6.07) is 0.462. The largest absolute Gasteiger partial charge is 0.357 e. The third kappa shape index (κ3) is 8.77. The van der Waals surface area contributed by atoms with Crippen molar-refractivity contribution in [2.24, 2.45) is 4.99 Å². The standard InChI is InChI=1S/C15H30N4O/c1-3-5-6-11-17-15(16-4-2)18-12-7-8-14(20)19-13-9-10-13/h13H,3-12H2,1-2H3,(H,19,20)(H2,16,17,18). The predicted octanol–water partition coefficient (Wildman–Crippen LogP) is 1.79. The average Bonchev–Trinajstić information content (AvgIpc) is 3.23. The Kier molecular flexibility index (Phi) is 8.83. The zero-order valence-electron chi connectivity index (χ0n) is 13.0. The van der Waals surface area contributed by atoms with E-state index < -0.39 is 0 Å². The fourth-order valence-corrected chi connectivity index (χ4v) is 1.88. The van der Waals surface area contributed by atoms with Crippen molar-refractivity contribution in [3.05, 3.63) is 0 Å². The maximum Gasteiger partial charge on any atom is 0.220 e. The number of nitrogens with one attached hydrogen (secondary N) is 3. The molecule has 0 radical (unpaired) electrons. The molecule has 1 aliphatic carbocycles. The van der Waals surface area contributed by atoms with E-state index in [0.29, 0.717) is 19.0 Å². The van der Waals surface area contributed by atoms with Crippen LogP contribution in [0.5, 0.6) is 0 Å². The van der Waals surface area contributed by atoms with Crippen molar-refractivity contribution in [2.75, 3.05) is 19.6 Å². The Morgan fingerprint density at radius 1 is 1.15 bits per heavy atom. The summed E-state index contributed by atoms with van der Waals surface area (Å²) in [4.78, 5) is 16.0. The van der Waals surface area contributed by atoms with Gasteiger partial charge in [-0.1, -0.05) is 19.8 Å². The number of hydrogen-bond donors (Lipinski definition) is 3. The number of rotatable bonds is 10. The van der Waals surface area contributed by atoms with E-state index in [9.17, 15) is 4.79 Å². The highest BCUT2D eigenvalue weighted by atomic mass is 16.1. The van der Waals surface area contributed by atoms with E-state index in [1.165, 1.54) is 19.3 Å². The fraction of sp³-hybridized carbons (Fsp3) is 0.867. The lowest BCUT2D eigenvalue weighted by Crippen LogP contribution is -2.37. The maximum atomic E-state index is 11.5. The van der Waals surface area contributed by atoms with Gasteiger partial charge in [0.15, 0.2) is 5.96 Å². The van der Waals surface area contributed by atoms with Crippen molar-refractivity contribution in [2.45, 2.75) is 64.8 Å². The first kappa shape index (κ1) is 16.8. The summed E-state index contributed by atoms with van der Waals surface area (Å²) >= 11 is 0. The molecule has 116 valence electrons. The molecule has 0 aromatic rings. The summed E-state index contributed by atoms with van der Waals surface area (Å²) < 4.78 is 0. The number of hydrogen-bond acceptors (Lipinski definition) is 2. The SMILES string of the molecule is CCCCCNC(=NCCCC(=O)NC1CC1)NCC. The molecule has 0 atom stereocenters. The van der Waals surface area contributed by atoms with Crippen molar-refractivity contribution < 1.29 is 4.79 Å². The maximum absolute atomic E-state index is 11.5. The van der Waals surface area contributed by atoms with Crippen LogP contribution >= 0.6 is 0 Å². The van der Waals surface area contributed by atoms with Crippen molar-refractivity contribution in [1.82, 2.24) is 16.0 Å². The molecule has 0 saturated heterocycles. The number of carbonyl (C=O) groups excluding carboxylic acids is 1. The molecule has 3 N–H and O–H groups in total. The summed E-state index contributed by atoms with van der Waals surface area (Å²) in [5.74, 6) is 1.04. The van der Waals surface area contributed by atoms with Gasteiger partial charge >= 0.3 is 0 Å². The normalized spacial score (nSPS) is 15.0. The Labute approximate surface area is 123 Å². The second-order valence-corrected chi connectivity index (χ2v) is 5.34. The fourth-order valence-electron chi connectivity index (χ4n) is 1.88. The van der Waals surface area contributed by atoms with Crippen LogP contribution in [-0.4, -0.2) is 37.5 Å². The lowest BCUT2D eigenvalue weighted by atomic mass is 10.2. The van der Waals surface area contributed by atoms with E-state index in [1.54, 1.807) is 0 Å². The number of nitrogens with zero attached hydrogens (tertiary/aromatic N) is 1. The quantitative estimate of drug-likeness (QED) is 0.325. The molecular weight excluding hydrogens is 252 g/mol. The van der Waals surface area contributed by atoms with Crippen LogP contribution in [0, 0.1) is 0 Å². The smallest absolute Gasteiger partial charge is 0.220 e. The molecule has 1 rings (SSSR count). The van der Waals surface area contributed by atoms with Crippen LogP contribution in [0.4, 0.5) is 0 Å². The summed E-state index contributed by atoms with van der Waals surface area (Å²) in [7, 11) is 0. The second-order valence-electron chi connectivity index (χ2n) is 5.34. The highest BCUT2D eigenvalue weighted by Crippen LogP contribution is 2.18. The molecule has 0 heterocycles. The van der Waals surface area contributed by atoms with Gasteiger partial charge in [-0.25, -0.2) is 0 Å². The van der Waals surface area contributed by atoms with Gasteiger partial charge in [0.1, 0.15) is 0 Å². The minimum atomic E-state index is 0.170. The number of amides is 1. The number of guanidine groups is 1. The predicted molar refractivity (Wildman–Crippen MR) is 83.9 cm³/mol. The van der Waals surface area contributed by atoms with Gasteiger partial charge in [0.2, 0.25) is 5.91 Å². The Bertz CT molecular complexity index is 300. The molecule has 5 heteroatoms. The molecule has 0 unspecified atom stereocenters. The van der Waals surface area contributed by atoms with Crippen molar-refractivity contribution in [3.8, 4) is 0 Å². The molecule has 5 nitrogen and oxygen atoms in total. The van der Waals surface area contributed by atoms with Gasteiger partial charge < -0.3 is 16.0 Å². The zero-order chi connectivity index (χ0) is 14.6.